The minimum atomic E-state index is -4.83. The summed E-state index contributed by atoms with van der Waals surface area (Å²) in [7, 11) is 0. The van der Waals surface area contributed by atoms with Crippen molar-refractivity contribution >= 4 is 58.1 Å². The predicted octanol–water partition coefficient (Wildman–Crippen LogP) is 9.55. The smallest absolute Gasteiger partial charge is 0.406 e. The molecule has 1 N–H and O–H groups in total. The number of halogens is 6. The quantitative estimate of drug-likeness (QED) is 0.0516. The number of thioether (sulfide) groups is 1. The lowest BCUT2D eigenvalue weighted by Crippen LogP contribution is -2.31. The normalized spacial score (nSPS) is 15.0. The minimum absolute atomic E-state index is 0.0421. The maximum Gasteiger partial charge on any atom is 0.573 e. The van der Waals surface area contributed by atoms with Gasteiger partial charge in [0, 0.05) is 5.56 Å². The van der Waals surface area contributed by atoms with Crippen LogP contribution in [0.3, 0.4) is 0 Å². The number of rotatable bonds is 9. The van der Waals surface area contributed by atoms with E-state index in [9.17, 15) is 31.1 Å². The van der Waals surface area contributed by atoms with Gasteiger partial charge in [0.1, 0.15) is 17.8 Å². The fraction of sp³-hybridized carbons (Fsp3) is 0.158. The van der Waals surface area contributed by atoms with Gasteiger partial charge in [-0.3, -0.25) is 15.1 Å². The van der Waals surface area contributed by atoms with Crippen molar-refractivity contribution in [3.8, 4) is 28.6 Å². The Bertz CT molecular complexity index is 2320. The minimum Gasteiger partial charge on any atom is -0.406 e. The Morgan fingerprint density at radius 1 is 0.875 bits per heavy atom. The standard InChI is InChI=1S/C38H29F6N7O3S2/c1-22(2)30-17-4-23(3)18-31(30)51-34(52)32(19-24-7-13-28(14-8-24)53-37(39,40)41)56-36(51)47-35(55)48-46-20-25-5-9-26(10-6-25)33-45-21-50(49-33)27-11-15-29(16-12-27)54-38(42,43)44/h4-22H,1-3H3,(H,48,55)/b32-19+,46-20+,47-36?. The van der Waals surface area contributed by atoms with Crippen LogP contribution in [0.15, 0.2) is 112 Å². The number of amides is 1. The van der Waals surface area contributed by atoms with Crippen molar-refractivity contribution in [1.29, 1.82) is 0 Å². The highest BCUT2D eigenvalue weighted by Crippen LogP contribution is 2.40. The number of hydrogen-bond donors (Lipinski definition) is 1. The number of ether oxygens (including phenoxy) is 2. The molecular weight excluding hydrogens is 781 g/mol. The molecule has 6 rings (SSSR count). The third-order valence-corrected chi connectivity index (χ3v) is 8.98. The second-order valence-corrected chi connectivity index (χ2v) is 13.7. The molecule has 0 spiro atoms. The zero-order valence-electron chi connectivity index (χ0n) is 29.5. The van der Waals surface area contributed by atoms with Crippen molar-refractivity contribution in [1.82, 2.24) is 20.2 Å². The molecule has 18 heteroatoms. The second-order valence-electron chi connectivity index (χ2n) is 12.3. The van der Waals surface area contributed by atoms with E-state index in [0.717, 1.165) is 35.0 Å². The molecule has 56 heavy (non-hydrogen) atoms. The number of amidine groups is 1. The molecule has 0 radical (unpaired) electrons. The van der Waals surface area contributed by atoms with Crippen molar-refractivity contribution < 1.29 is 40.6 Å². The number of aliphatic imine (C=N–C) groups is 1. The summed E-state index contributed by atoms with van der Waals surface area (Å²) in [4.78, 5) is 24.5. The third kappa shape index (κ3) is 10.2. The SMILES string of the molecule is Cc1ccc(C(C)C)c(N2C(=O)/C(=C\c3ccc(OC(F)(F)F)cc3)SC2=NC(=S)N/N=C/c2ccc(-c3ncn(-c4ccc(OC(F)(F)F)cc4)n3)cc2)c1. The summed E-state index contributed by atoms with van der Waals surface area (Å²) in [5.41, 5.74) is 7.43. The molecule has 1 saturated heterocycles. The van der Waals surface area contributed by atoms with Gasteiger partial charge in [0.05, 0.1) is 22.5 Å². The number of carbonyl (C=O) groups excluding carboxylic acids is 1. The first-order valence-corrected chi connectivity index (χ1v) is 17.7. The van der Waals surface area contributed by atoms with E-state index in [1.54, 1.807) is 30.3 Å². The number of benzene rings is 4. The fourth-order valence-corrected chi connectivity index (χ4v) is 6.50. The molecule has 10 nitrogen and oxygen atoms in total. The number of anilines is 1. The molecule has 0 atom stereocenters. The monoisotopic (exact) mass is 809 g/mol. The average molecular weight is 810 g/mol. The van der Waals surface area contributed by atoms with E-state index in [1.165, 1.54) is 58.5 Å². The number of nitrogens with zero attached hydrogens (tertiary/aromatic N) is 6. The Kier molecular flexibility index (Phi) is 11.6. The molecule has 2 heterocycles. The number of aromatic nitrogens is 3. The van der Waals surface area contributed by atoms with Crippen LogP contribution in [0.2, 0.25) is 0 Å². The fourth-order valence-electron chi connectivity index (χ4n) is 5.33. The van der Waals surface area contributed by atoms with Crippen LogP contribution in [0.4, 0.5) is 32.0 Å². The first kappa shape index (κ1) is 39.7. The molecule has 1 aromatic heterocycles. The van der Waals surface area contributed by atoms with Crippen molar-refractivity contribution in [2.75, 3.05) is 4.90 Å². The highest BCUT2D eigenvalue weighted by Gasteiger charge is 2.37. The first-order valence-electron chi connectivity index (χ1n) is 16.5. The van der Waals surface area contributed by atoms with E-state index in [4.69, 9.17) is 12.2 Å². The van der Waals surface area contributed by atoms with Crippen LogP contribution in [0.25, 0.3) is 23.2 Å². The van der Waals surface area contributed by atoms with Gasteiger partial charge in [-0.05, 0) is 108 Å². The van der Waals surface area contributed by atoms with E-state index in [1.807, 2.05) is 39.0 Å². The molecule has 1 aliphatic heterocycles. The van der Waals surface area contributed by atoms with Gasteiger partial charge in [-0.2, -0.15) is 10.1 Å². The lowest BCUT2D eigenvalue weighted by molar-refractivity contribution is -0.275. The first-order chi connectivity index (χ1) is 26.5. The van der Waals surface area contributed by atoms with Crippen LogP contribution in [0.1, 0.15) is 42.0 Å². The molecule has 0 saturated carbocycles. The van der Waals surface area contributed by atoms with E-state index >= 15 is 0 Å². The summed E-state index contributed by atoms with van der Waals surface area (Å²) in [5.74, 6) is -0.707. The molecule has 4 aromatic carbocycles. The lowest BCUT2D eigenvalue weighted by atomic mass is 9.98. The number of hydrazone groups is 1. The largest absolute Gasteiger partial charge is 0.573 e. The molecular formula is C38H29F6N7O3S2. The number of thiocarbonyl (C=S) groups is 1. The molecule has 1 fully saturated rings. The molecule has 0 bridgehead atoms. The van der Waals surface area contributed by atoms with E-state index in [0.29, 0.717) is 33.9 Å². The third-order valence-electron chi connectivity index (χ3n) is 7.83. The van der Waals surface area contributed by atoms with Crippen molar-refractivity contribution in [2.45, 2.75) is 39.4 Å². The molecule has 5 aromatic rings. The molecule has 1 amide bonds. The maximum absolute atomic E-state index is 13.9. The highest BCUT2D eigenvalue weighted by atomic mass is 32.2. The molecule has 288 valence electrons. The Morgan fingerprint density at radius 2 is 1.48 bits per heavy atom. The van der Waals surface area contributed by atoms with Crippen LogP contribution >= 0.6 is 24.0 Å². The van der Waals surface area contributed by atoms with Gasteiger partial charge < -0.3 is 9.47 Å². The van der Waals surface area contributed by atoms with E-state index in [-0.39, 0.29) is 32.6 Å². The average Bonchev–Trinajstić information content (AvgIpc) is 3.73. The zero-order valence-corrected chi connectivity index (χ0v) is 31.1. The Balaban J connectivity index is 1.16. The summed E-state index contributed by atoms with van der Waals surface area (Å²) in [6, 6.07) is 23.2. The summed E-state index contributed by atoms with van der Waals surface area (Å²) in [5, 5.41) is 8.81. The van der Waals surface area contributed by atoms with Gasteiger partial charge in [0.15, 0.2) is 11.0 Å². The Morgan fingerprint density at radius 3 is 2.09 bits per heavy atom. The van der Waals surface area contributed by atoms with Crippen LogP contribution in [-0.4, -0.2) is 49.9 Å². The summed E-state index contributed by atoms with van der Waals surface area (Å²) < 4.78 is 84.7. The maximum atomic E-state index is 13.9. The van der Waals surface area contributed by atoms with Gasteiger partial charge in [0.2, 0.25) is 5.11 Å². The van der Waals surface area contributed by atoms with Gasteiger partial charge >= 0.3 is 12.7 Å². The number of nitrogens with one attached hydrogen (secondary N) is 1. The van der Waals surface area contributed by atoms with Gasteiger partial charge in [-0.15, -0.1) is 31.4 Å². The highest BCUT2D eigenvalue weighted by molar-refractivity contribution is 8.19. The van der Waals surface area contributed by atoms with Crippen LogP contribution in [0, 0.1) is 6.92 Å². The van der Waals surface area contributed by atoms with Gasteiger partial charge in [-0.25, -0.2) is 9.67 Å². The summed E-state index contributed by atoms with van der Waals surface area (Å²) in [6.45, 7) is 5.90. The van der Waals surface area contributed by atoms with E-state index in [2.05, 4.69) is 35.1 Å². The Labute approximate surface area is 325 Å². The van der Waals surface area contributed by atoms with Gasteiger partial charge in [-0.1, -0.05) is 62.4 Å². The van der Waals surface area contributed by atoms with Crippen molar-refractivity contribution in [2.24, 2.45) is 10.1 Å². The molecule has 1 aliphatic rings. The number of hydrogen-bond acceptors (Lipinski definition) is 8. The lowest BCUT2D eigenvalue weighted by Gasteiger charge is -2.22. The van der Waals surface area contributed by atoms with Gasteiger partial charge in [0.25, 0.3) is 5.91 Å². The van der Waals surface area contributed by atoms with Crippen LogP contribution < -0.4 is 19.8 Å². The number of alkyl halides is 6. The van der Waals surface area contributed by atoms with Crippen LogP contribution in [0.5, 0.6) is 11.5 Å². The Hall–Kier alpha value is -6.01. The molecule has 0 aliphatic carbocycles. The van der Waals surface area contributed by atoms with E-state index < -0.39 is 18.6 Å². The second kappa shape index (κ2) is 16.4. The van der Waals surface area contributed by atoms with Crippen LogP contribution in [-0.2, 0) is 4.79 Å². The predicted molar refractivity (Wildman–Crippen MR) is 206 cm³/mol. The van der Waals surface area contributed by atoms with Crippen molar-refractivity contribution in [3.05, 3.63) is 124 Å². The summed E-state index contributed by atoms with van der Waals surface area (Å²) >= 11 is 6.53. The topological polar surface area (TPSA) is 106 Å². The summed E-state index contributed by atoms with van der Waals surface area (Å²) in [6.07, 6.45) is -5.13. The van der Waals surface area contributed by atoms with Crippen molar-refractivity contribution in [3.63, 3.8) is 0 Å². The zero-order chi connectivity index (χ0) is 40.2. The number of aryl methyl sites for hydroxylation is 1. The number of carbonyl (C=O) groups is 1. The molecule has 0 unspecified atom stereocenters.